The van der Waals surface area contributed by atoms with Gasteiger partial charge in [-0.3, -0.25) is 34.2 Å². The van der Waals surface area contributed by atoms with Crippen LogP contribution in [0.4, 0.5) is 10.5 Å². The number of ketones is 1. The van der Waals surface area contributed by atoms with Crippen molar-refractivity contribution >= 4 is 58.0 Å². The Balaban J connectivity index is 1.34. The molecule has 0 radical (unpaired) electrons. The fraction of sp³-hybridized carbons (Fsp3) is 0.455. The Bertz CT molecular complexity index is 1060. The number of hydrogen-bond acceptors (Lipinski definition) is 7. The summed E-state index contributed by atoms with van der Waals surface area (Å²) in [5.74, 6) is -0.634. The zero-order chi connectivity index (χ0) is 23.7. The molecule has 11 heteroatoms. The van der Waals surface area contributed by atoms with Crippen molar-refractivity contribution < 1.29 is 24.1 Å². The molecule has 1 heterocycles. The van der Waals surface area contributed by atoms with Crippen molar-refractivity contribution in [3.63, 3.8) is 0 Å². The maximum absolute atomic E-state index is 12.7. The third-order valence-corrected chi connectivity index (χ3v) is 7.62. The number of carbonyl (C=O) groups excluding carboxylic acids is 4. The number of Topliss-reactive ketones (excluding diaryl/α,β-unsaturated/α-hetero) is 1. The van der Waals surface area contributed by atoms with Gasteiger partial charge in [0.05, 0.1) is 9.83 Å². The molecule has 3 fully saturated rings. The van der Waals surface area contributed by atoms with Crippen LogP contribution in [-0.4, -0.2) is 45.7 Å². The highest BCUT2D eigenvalue weighted by Gasteiger charge is 2.41. The van der Waals surface area contributed by atoms with Crippen LogP contribution in [0.2, 0.25) is 5.02 Å². The summed E-state index contributed by atoms with van der Waals surface area (Å²) in [6, 6.07) is 4.12. The summed E-state index contributed by atoms with van der Waals surface area (Å²) in [5, 5.41) is 13.4. The monoisotopic (exact) mass is 491 g/mol. The zero-order valence-corrected chi connectivity index (χ0v) is 19.2. The molecule has 2 unspecified atom stereocenters. The maximum Gasteiger partial charge on any atom is 0.293 e. The van der Waals surface area contributed by atoms with Gasteiger partial charge in [-0.15, -0.1) is 0 Å². The Morgan fingerprint density at radius 1 is 1.24 bits per heavy atom. The van der Waals surface area contributed by atoms with Crippen LogP contribution in [0.1, 0.15) is 37.7 Å². The summed E-state index contributed by atoms with van der Waals surface area (Å²) < 4.78 is 0. The zero-order valence-electron chi connectivity index (χ0n) is 17.6. The summed E-state index contributed by atoms with van der Waals surface area (Å²) >= 11 is 6.55. The Kier molecular flexibility index (Phi) is 6.85. The number of halogens is 1. The second-order valence-corrected chi connectivity index (χ2v) is 9.89. The van der Waals surface area contributed by atoms with Crippen molar-refractivity contribution in [1.82, 2.24) is 10.2 Å². The van der Waals surface area contributed by atoms with Crippen molar-refractivity contribution in [2.75, 3.05) is 13.1 Å². The van der Waals surface area contributed by atoms with Gasteiger partial charge in [0.1, 0.15) is 10.8 Å². The molecule has 1 aliphatic heterocycles. The van der Waals surface area contributed by atoms with Crippen LogP contribution in [0.3, 0.4) is 0 Å². The molecular weight excluding hydrogens is 470 g/mol. The standard InChI is InChI=1S/C22H22ClN3O6S/c23-16-5-4-12(8-17(16)26(31)32)9-18-21(29)25(22(30)33-18)7-6-24-20(28)15-10-13-2-1-3-14(11-15)19(13)27/h4-5,8-9,13-15H,1-3,6-7,10-11H2,(H,24,28)/b18-9-. The quantitative estimate of drug-likeness (QED) is 0.364. The largest absolute Gasteiger partial charge is 0.354 e. The summed E-state index contributed by atoms with van der Waals surface area (Å²) in [6.07, 6.45) is 5.27. The van der Waals surface area contributed by atoms with Gasteiger partial charge in [0, 0.05) is 36.9 Å². The highest BCUT2D eigenvalue weighted by molar-refractivity contribution is 8.18. The van der Waals surface area contributed by atoms with E-state index in [0.717, 1.165) is 35.9 Å². The molecule has 2 aliphatic carbocycles. The molecule has 2 bridgehead atoms. The lowest BCUT2D eigenvalue weighted by atomic mass is 9.67. The Morgan fingerprint density at radius 2 is 1.94 bits per heavy atom. The number of imide groups is 1. The van der Waals surface area contributed by atoms with E-state index >= 15 is 0 Å². The number of rotatable bonds is 6. The number of carbonyl (C=O) groups is 4. The third-order valence-electron chi connectivity index (χ3n) is 6.39. The van der Waals surface area contributed by atoms with Crippen LogP contribution in [0.5, 0.6) is 0 Å². The van der Waals surface area contributed by atoms with Gasteiger partial charge >= 0.3 is 0 Å². The predicted octanol–water partition coefficient (Wildman–Crippen LogP) is 3.80. The highest BCUT2D eigenvalue weighted by atomic mass is 35.5. The van der Waals surface area contributed by atoms with Crippen molar-refractivity contribution in [2.24, 2.45) is 17.8 Å². The number of nitrogens with one attached hydrogen (secondary N) is 1. The van der Waals surface area contributed by atoms with Gasteiger partial charge in [0.2, 0.25) is 5.91 Å². The van der Waals surface area contributed by atoms with E-state index in [9.17, 15) is 29.3 Å². The highest BCUT2D eigenvalue weighted by Crippen LogP contribution is 2.40. The average Bonchev–Trinajstić information content (AvgIpc) is 3.02. The average molecular weight is 492 g/mol. The van der Waals surface area contributed by atoms with E-state index in [1.807, 2.05) is 0 Å². The van der Waals surface area contributed by atoms with Crippen LogP contribution in [0.25, 0.3) is 6.08 Å². The van der Waals surface area contributed by atoms with E-state index in [-0.39, 0.29) is 52.4 Å². The van der Waals surface area contributed by atoms with Gasteiger partial charge in [-0.25, -0.2) is 0 Å². The number of amides is 3. The first-order chi connectivity index (χ1) is 15.7. The lowest BCUT2D eigenvalue weighted by Crippen LogP contribution is -2.44. The first kappa shape index (κ1) is 23.4. The number of benzene rings is 1. The van der Waals surface area contributed by atoms with E-state index in [1.54, 1.807) is 0 Å². The molecule has 4 rings (SSSR count). The van der Waals surface area contributed by atoms with Gasteiger partial charge < -0.3 is 5.32 Å². The van der Waals surface area contributed by atoms with Gasteiger partial charge in [-0.1, -0.05) is 24.1 Å². The fourth-order valence-corrected chi connectivity index (χ4v) is 5.78. The lowest BCUT2D eigenvalue weighted by Gasteiger charge is -2.37. The molecule has 3 aliphatic rings. The minimum atomic E-state index is -0.622. The number of nitro groups is 1. The van der Waals surface area contributed by atoms with E-state index in [1.165, 1.54) is 24.3 Å². The molecule has 1 aromatic rings. The molecule has 1 N–H and O–H groups in total. The number of nitrogens with zero attached hydrogens (tertiary/aromatic N) is 2. The predicted molar refractivity (Wildman–Crippen MR) is 122 cm³/mol. The maximum atomic E-state index is 12.7. The molecule has 1 aromatic carbocycles. The van der Waals surface area contributed by atoms with Crippen molar-refractivity contribution in [3.05, 3.63) is 43.8 Å². The molecule has 0 spiro atoms. The van der Waals surface area contributed by atoms with Crippen LogP contribution in [0, 0.1) is 27.9 Å². The lowest BCUT2D eigenvalue weighted by molar-refractivity contribution is -0.384. The third kappa shape index (κ3) is 4.96. The number of hydrogen-bond donors (Lipinski definition) is 1. The summed E-state index contributed by atoms with van der Waals surface area (Å²) in [4.78, 5) is 61.4. The second kappa shape index (κ2) is 9.64. The summed E-state index contributed by atoms with van der Waals surface area (Å²) in [5.41, 5.74) is 0.0863. The molecule has 2 saturated carbocycles. The van der Waals surface area contributed by atoms with E-state index in [0.29, 0.717) is 24.2 Å². The fourth-order valence-electron chi connectivity index (χ4n) is 4.73. The van der Waals surface area contributed by atoms with Gasteiger partial charge in [-0.2, -0.15) is 0 Å². The number of nitro benzene ring substituents is 1. The van der Waals surface area contributed by atoms with Crippen molar-refractivity contribution in [1.29, 1.82) is 0 Å². The molecule has 3 amide bonds. The molecule has 0 aromatic heterocycles. The number of fused-ring (bicyclic) bond motifs is 2. The Hall–Kier alpha value is -2.72. The first-order valence-electron chi connectivity index (χ1n) is 10.8. The number of thioether (sulfide) groups is 1. The Morgan fingerprint density at radius 3 is 2.61 bits per heavy atom. The second-order valence-electron chi connectivity index (χ2n) is 8.49. The first-order valence-corrected chi connectivity index (χ1v) is 11.9. The topological polar surface area (TPSA) is 127 Å². The molecule has 33 heavy (non-hydrogen) atoms. The summed E-state index contributed by atoms with van der Waals surface area (Å²) in [7, 11) is 0. The molecule has 9 nitrogen and oxygen atoms in total. The minimum absolute atomic E-state index is 0.0209. The molecular formula is C22H22ClN3O6S. The van der Waals surface area contributed by atoms with Crippen LogP contribution in [0.15, 0.2) is 23.1 Å². The van der Waals surface area contributed by atoms with Crippen molar-refractivity contribution in [2.45, 2.75) is 32.1 Å². The van der Waals surface area contributed by atoms with Crippen molar-refractivity contribution in [3.8, 4) is 0 Å². The normalized spacial score (nSPS) is 26.1. The molecule has 2 atom stereocenters. The van der Waals surface area contributed by atoms with Crippen LogP contribution >= 0.6 is 23.4 Å². The SMILES string of the molecule is O=C(NCCN1C(=O)S/C(=C\c2ccc(Cl)c([N+](=O)[O-])c2)C1=O)C1CC2CCCC(C1)C2=O. The van der Waals surface area contributed by atoms with Crippen LogP contribution < -0.4 is 5.32 Å². The van der Waals surface area contributed by atoms with Crippen LogP contribution in [-0.2, 0) is 14.4 Å². The van der Waals surface area contributed by atoms with Gasteiger partial charge in [0.15, 0.2) is 0 Å². The molecule has 1 saturated heterocycles. The van der Waals surface area contributed by atoms with Gasteiger partial charge in [0.25, 0.3) is 16.8 Å². The molecule has 174 valence electrons. The smallest absolute Gasteiger partial charge is 0.293 e. The van der Waals surface area contributed by atoms with E-state index in [4.69, 9.17) is 11.6 Å². The Labute approximate surface area is 199 Å². The van der Waals surface area contributed by atoms with E-state index < -0.39 is 16.1 Å². The minimum Gasteiger partial charge on any atom is -0.354 e. The summed E-state index contributed by atoms with van der Waals surface area (Å²) in [6.45, 7) is 0.142. The van der Waals surface area contributed by atoms with E-state index in [2.05, 4.69) is 5.32 Å². The van der Waals surface area contributed by atoms with Gasteiger partial charge in [-0.05, 0) is 55.2 Å².